The molecule has 0 aliphatic carbocycles. The molecule has 7 heteroatoms. The third-order valence-electron chi connectivity index (χ3n) is 5.33. The Morgan fingerprint density at radius 1 is 1.21 bits per heavy atom. The van der Waals surface area contributed by atoms with E-state index in [2.05, 4.69) is 0 Å². The third-order valence-corrected chi connectivity index (χ3v) is 6.33. The van der Waals surface area contributed by atoms with E-state index in [1.165, 1.54) is 11.3 Å². The molecule has 0 N–H and O–H groups in total. The summed E-state index contributed by atoms with van der Waals surface area (Å²) >= 11 is 1.49. The van der Waals surface area contributed by atoms with Crippen molar-refractivity contribution in [1.82, 2.24) is 9.80 Å². The molecule has 1 atom stereocenters. The van der Waals surface area contributed by atoms with Gasteiger partial charge in [0.05, 0.1) is 11.4 Å². The molecule has 0 spiro atoms. The number of carbonyl (C=O) groups excluding carboxylic acids is 2. The van der Waals surface area contributed by atoms with Gasteiger partial charge in [-0.3, -0.25) is 4.79 Å². The van der Waals surface area contributed by atoms with Crippen LogP contribution in [0.4, 0.5) is 4.79 Å². The quantitative estimate of drug-likeness (QED) is 0.770. The van der Waals surface area contributed by atoms with Crippen LogP contribution in [-0.4, -0.2) is 60.2 Å². The lowest BCUT2D eigenvalue weighted by Gasteiger charge is -2.35. The number of likely N-dealkylation sites (tertiary alicyclic amines) is 1. The molecule has 2 fully saturated rings. The molecule has 2 saturated heterocycles. The highest BCUT2D eigenvalue weighted by Crippen LogP contribution is 2.25. The Kier molecular flexibility index (Phi) is 5.52. The molecule has 2 aliphatic heterocycles. The maximum Gasteiger partial charge on any atom is 0.410 e. The molecule has 28 heavy (non-hydrogen) atoms. The van der Waals surface area contributed by atoms with E-state index in [0.717, 1.165) is 29.0 Å². The van der Waals surface area contributed by atoms with Crippen LogP contribution >= 0.6 is 11.3 Å². The van der Waals surface area contributed by atoms with Crippen LogP contribution in [0.1, 0.15) is 28.1 Å². The molecule has 0 radical (unpaired) electrons. The second-order valence-electron chi connectivity index (χ2n) is 7.24. The molecule has 3 heterocycles. The average molecular weight is 401 g/mol. The van der Waals surface area contributed by atoms with E-state index in [9.17, 15) is 9.59 Å². The van der Waals surface area contributed by atoms with Gasteiger partial charge in [-0.1, -0.05) is 18.2 Å². The minimum Gasteiger partial charge on any atom is -0.490 e. The van der Waals surface area contributed by atoms with Crippen molar-refractivity contribution in [2.75, 3.05) is 26.2 Å². The van der Waals surface area contributed by atoms with Crippen molar-refractivity contribution < 1.29 is 19.1 Å². The topological polar surface area (TPSA) is 59.1 Å². The van der Waals surface area contributed by atoms with Gasteiger partial charge in [-0.15, -0.1) is 11.3 Å². The van der Waals surface area contributed by atoms with Crippen LogP contribution in [0.15, 0.2) is 41.8 Å². The Morgan fingerprint density at radius 3 is 2.64 bits per heavy atom. The standard InChI is InChI=1S/C21H24N2O4S/c1-15-9-12-28-19(15)20(24)22-10-7-16(8-11-22)23-13-18(27-21(23)25)14-26-17-5-3-2-4-6-17/h2-6,9,12,16,18H,7-8,10-11,13-14H2,1H3. The van der Waals surface area contributed by atoms with E-state index in [4.69, 9.17) is 9.47 Å². The molecule has 2 amide bonds. The number of cyclic esters (lactones) is 1. The second-order valence-corrected chi connectivity index (χ2v) is 8.15. The minimum absolute atomic E-state index is 0.101. The fraction of sp³-hybridized carbons (Fsp3) is 0.429. The van der Waals surface area contributed by atoms with E-state index in [1.807, 2.05) is 53.6 Å². The van der Waals surface area contributed by atoms with Gasteiger partial charge >= 0.3 is 6.09 Å². The zero-order valence-corrected chi connectivity index (χ0v) is 16.7. The number of benzene rings is 1. The summed E-state index contributed by atoms with van der Waals surface area (Å²) in [5, 5.41) is 1.95. The van der Waals surface area contributed by atoms with E-state index < -0.39 is 0 Å². The summed E-state index contributed by atoms with van der Waals surface area (Å²) in [6.45, 7) is 4.18. The number of ether oxygens (including phenoxy) is 2. The fourth-order valence-electron chi connectivity index (χ4n) is 3.75. The molecule has 1 aromatic heterocycles. The molecule has 0 bridgehead atoms. The average Bonchev–Trinajstić information content (AvgIpc) is 3.32. The Balaban J connectivity index is 1.28. The first-order chi connectivity index (χ1) is 13.6. The van der Waals surface area contributed by atoms with Crippen molar-refractivity contribution in [3.8, 4) is 5.75 Å². The van der Waals surface area contributed by atoms with E-state index in [1.54, 1.807) is 4.90 Å². The number of para-hydroxylation sites is 1. The number of amides is 2. The lowest BCUT2D eigenvalue weighted by molar-refractivity contribution is 0.0662. The SMILES string of the molecule is Cc1ccsc1C(=O)N1CCC(N2CC(COc3ccccc3)OC2=O)CC1. The second kappa shape index (κ2) is 8.22. The highest BCUT2D eigenvalue weighted by Gasteiger charge is 2.38. The van der Waals surface area contributed by atoms with Gasteiger partial charge in [0.15, 0.2) is 6.10 Å². The summed E-state index contributed by atoms with van der Waals surface area (Å²) in [7, 11) is 0. The van der Waals surface area contributed by atoms with Crippen molar-refractivity contribution in [3.63, 3.8) is 0 Å². The maximum atomic E-state index is 12.7. The number of carbonyl (C=O) groups is 2. The number of hydrogen-bond acceptors (Lipinski definition) is 5. The lowest BCUT2D eigenvalue weighted by Crippen LogP contribution is -2.47. The zero-order chi connectivity index (χ0) is 19.5. The number of piperidine rings is 1. The number of hydrogen-bond donors (Lipinski definition) is 0. The normalized spacial score (nSPS) is 20.3. The van der Waals surface area contributed by atoms with E-state index in [-0.39, 0.29) is 24.1 Å². The van der Waals surface area contributed by atoms with Crippen molar-refractivity contribution >= 4 is 23.3 Å². The summed E-state index contributed by atoms with van der Waals surface area (Å²) < 4.78 is 11.2. The van der Waals surface area contributed by atoms with Gasteiger partial charge in [0.2, 0.25) is 0 Å². The van der Waals surface area contributed by atoms with Crippen molar-refractivity contribution in [2.45, 2.75) is 31.9 Å². The van der Waals surface area contributed by atoms with Crippen molar-refractivity contribution in [3.05, 3.63) is 52.2 Å². The first-order valence-corrected chi connectivity index (χ1v) is 10.5. The molecule has 0 saturated carbocycles. The summed E-state index contributed by atoms with van der Waals surface area (Å²) in [5.74, 6) is 0.872. The molecule has 6 nitrogen and oxygen atoms in total. The van der Waals surface area contributed by atoms with Gasteiger partial charge in [0.1, 0.15) is 12.4 Å². The van der Waals surface area contributed by atoms with Crippen LogP contribution in [0.25, 0.3) is 0 Å². The highest BCUT2D eigenvalue weighted by molar-refractivity contribution is 7.12. The van der Waals surface area contributed by atoms with E-state index >= 15 is 0 Å². The Hall–Kier alpha value is -2.54. The van der Waals surface area contributed by atoms with Gasteiger partial charge in [0, 0.05) is 19.1 Å². The largest absolute Gasteiger partial charge is 0.490 e. The van der Waals surface area contributed by atoms with Gasteiger partial charge in [-0.2, -0.15) is 0 Å². The number of nitrogens with zero attached hydrogens (tertiary/aromatic N) is 2. The predicted octanol–water partition coefficient (Wildman–Crippen LogP) is 3.56. The van der Waals surface area contributed by atoms with Crippen LogP contribution in [-0.2, 0) is 4.74 Å². The number of thiophene rings is 1. The molecule has 1 unspecified atom stereocenters. The Morgan fingerprint density at radius 2 is 1.96 bits per heavy atom. The first kappa shape index (κ1) is 18.8. The highest BCUT2D eigenvalue weighted by atomic mass is 32.1. The van der Waals surface area contributed by atoms with Gasteiger partial charge in [-0.05, 0) is 48.9 Å². The van der Waals surface area contributed by atoms with Crippen LogP contribution in [0.2, 0.25) is 0 Å². The summed E-state index contributed by atoms with van der Waals surface area (Å²) in [6.07, 6.45) is 1.01. The van der Waals surface area contributed by atoms with Gasteiger partial charge in [-0.25, -0.2) is 4.79 Å². The molecule has 2 aromatic rings. The summed E-state index contributed by atoms with van der Waals surface area (Å²) in [5.41, 5.74) is 1.03. The molecule has 4 rings (SSSR count). The van der Waals surface area contributed by atoms with Gasteiger partial charge in [0.25, 0.3) is 5.91 Å². The molecule has 1 aromatic carbocycles. The van der Waals surface area contributed by atoms with Crippen molar-refractivity contribution in [1.29, 1.82) is 0 Å². The monoisotopic (exact) mass is 400 g/mol. The van der Waals surface area contributed by atoms with Crippen molar-refractivity contribution in [2.24, 2.45) is 0 Å². The minimum atomic E-state index is -0.277. The number of aryl methyl sites for hydroxylation is 1. The molecule has 2 aliphatic rings. The molecular formula is C21H24N2O4S. The molecule has 148 valence electrons. The Labute approximate surface area is 168 Å². The van der Waals surface area contributed by atoms with Crippen LogP contribution in [0, 0.1) is 6.92 Å². The van der Waals surface area contributed by atoms with Crippen LogP contribution in [0.3, 0.4) is 0 Å². The smallest absolute Gasteiger partial charge is 0.410 e. The zero-order valence-electron chi connectivity index (χ0n) is 15.9. The predicted molar refractivity (Wildman–Crippen MR) is 107 cm³/mol. The Bertz CT molecular complexity index is 830. The summed E-state index contributed by atoms with van der Waals surface area (Å²) in [6, 6.07) is 11.6. The lowest BCUT2D eigenvalue weighted by atomic mass is 10.0. The van der Waals surface area contributed by atoms with E-state index in [0.29, 0.717) is 26.2 Å². The number of rotatable bonds is 5. The van der Waals surface area contributed by atoms with Gasteiger partial charge < -0.3 is 19.3 Å². The van der Waals surface area contributed by atoms with Crippen LogP contribution in [0.5, 0.6) is 5.75 Å². The molecular weight excluding hydrogens is 376 g/mol. The fourth-order valence-corrected chi connectivity index (χ4v) is 4.64. The third kappa shape index (κ3) is 3.99. The summed E-state index contributed by atoms with van der Waals surface area (Å²) in [4.78, 5) is 29.5. The van der Waals surface area contributed by atoms with Crippen LogP contribution < -0.4 is 4.74 Å². The first-order valence-electron chi connectivity index (χ1n) is 9.60. The maximum absolute atomic E-state index is 12.7.